The molecule has 0 saturated heterocycles. The van der Waals surface area contributed by atoms with Gasteiger partial charge in [0, 0.05) is 0 Å². The topological polar surface area (TPSA) is 20.2 Å². The van der Waals surface area contributed by atoms with E-state index in [4.69, 9.17) is 16.7 Å². The van der Waals surface area contributed by atoms with Crippen molar-refractivity contribution in [2.24, 2.45) is 0 Å². The van der Waals surface area contributed by atoms with Crippen LogP contribution >= 0.6 is 11.6 Å². The Balaban J connectivity index is 3.21. The molecule has 1 aromatic carbocycles. The van der Waals surface area contributed by atoms with Gasteiger partial charge in [0.25, 0.3) is 0 Å². The molecule has 1 aromatic rings. The molecule has 0 spiro atoms. The van der Waals surface area contributed by atoms with Crippen LogP contribution in [-0.4, -0.2) is 5.11 Å². The Labute approximate surface area is 73.6 Å². The van der Waals surface area contributed by atoms with Crippen LogP contribution in [0.25, 0.3) is 0 Å². The van der Waals surface area contributed by atoms with E-state index in [-0.39, 0.29) is 5.56 Å². The fraction of sp³-hybridized carbons (Fsp3) is 0.250. The van der Waals surface area contributed by atoms with Gasteiger partial charge in [-0.25, -0.2) is 8.78 Å². The molecule has 1 N–H and O–H groups in total. The molecule has 1 rings (SSSR count). The van der Waals surface area contributed by atoms with Gasteiger partial charge < -0.3 is 5.11 Å². The molecular formula is C8H7ClF2O. The summed E-state index contributed by atoms with van der Waals surface area (Å²) in [6.07, 6.45) is -0.897. The van der Waals surface area contributed by atoms with Crippen molar-refractivity contribution < 1.29 is 13.9 Å². The third-order valence-electron chi connectivity index (χ3n) is 1.49. The van der Waals surface area contributed by atoms with Gasteiger partial charge in [0.05, 0.1) is 6.10 Å². The zero-order chi connectivity index (χ0) is 9.30. The minimum absolute atomic E-state index is 0.175. The van der Waals surface area contributed by atoms with Gasteiger partial charge in [-0.3, -0.25) is 0 Å². The highest BCUT2D eigenvalue weighted by atomic mass is 35.5. The van der Waals surface area contributed by atoms with Gasteiger partial charge in [0.1, 0.15) is 16.7 Å². The summed E-state index contributed by atoms with van der Waals surface area (Å²) in [5.41, 5.74) is 0.175. The molecule has 0 fully saturated rings. The van der Waals surface area contributed by atoms with Crippen molar-refractivity contribution in [1.82, 2.24) is 0 Å². The lowest BCUT2D eigenvalue weighted by Gasteiger charge is -2.05. The van der Waals surface area contributed by atoms with E-state index in [1.165, 1.54) is 6.92 Å². The minimum atomic E-state index is -0.897. The van der Waals surface area contributed by atoms with Crippen LogP contribution in [0.1, 0.15) is 18.6 Å². The highest BCUT2D eigenvalue weighted by molar-refractivity contribution is 6.30. The number of rotatable bonds is 1. The average Bonchev–Trinajstić information content (AvgIpc) is 1.99. The van der Waals surface area contributed by atoms with Crippen LogP contribution < -0.4 is 0 Å². The van der Waals surface area contributed by atoms with E-state index in [9.17, 15) is 8.78 Å². The second-order valence-corrected chi connectivity index (χ2v) is 2.85. The van der Waals surface area contributed by atoms with E-state index in [1.54, 1.807) is 0 Å². The van der Waals surface area contributed by atoms with Gasteiger partial charge in [0.2, 0.25) is 0 Å². The molecule has 1 nitrogen and oxygen atoms in total. The van der Waals surface area contributed by atoms with E-state index in [1.807, 2.05) is 0 Å². The third kappa shape index (κ3) is 1.73. The predicted molar refractivity (Wildman–Crippen MR) is 42.0 cm³/mol. The number of aliphatic hydroxyl groups excluding tert-OH is 1. The van der Waals surface area contributed by atoms with Gasteiger partial charge in [-0.2, -0.15) is 0 Å². The second-order valence-electron chi connectivity index (χ2n) is 2.47. The number of hydrogen-bond acceptors (Lipinski definition) is 1. The molecule has 1 atom stereocenters. The zero-order valence-electron chi connectivity index (χ0n) is 6.31. The summed E-state index contributed by atoms with van der Waals surface area (Å²) >= 11 is 5.22. The van der Waals surface area contributed by atoms with Crippen LogP contribution in [0.2, 0.25) is 5.02 Å². The van der Waals surface area contributed by atoms with Gasteiger partial charge in [-0.05, 0) is 24.6 Å². The first-order chi connectivity index (χ1) is 5.52. The van der Waals surface area contributed by atoms with Crippen LogP contribution in [0.15, 0.2) is 12.1 Å². The maximum atomic E-state index is 12.7. The van der Waals surface area contributed by atoms with Crippen molar-refractivity contribution in [3.05, 3.63) is 34.4 Å². The summed E-state index contributed by atoms with van der Waals surface area (Å²) in [6.45, 7) is 1.42. The maximum Gasteiger partial charge on any atom is 0.145 e. The van der Waals surface area contributed by atoms with Gasteiger partial charge in [0.15, 0.2) is 0 Å². The molecule has 12 heavy (non-hydrogen) atoms. The SMILES string of the molecule is CC(O)c1cc(F)c(Cl)c(F)c1. The van der Waals surface area contributed by atoms with Crippen LogP contribution in [-0.2, 0) is 0 Å². The van der Waals surface area contributed by atoms with Crippen molar-refractivity contribution >= 4 is 11.6 Å². The first-order valence-electron chi connectivity index (χ1n) is 3.35. The van der Waals surface area contributed by atoms with E-state index in [2.05, 4.69) is 0 Å². The molecule has 66 valence electrons. The van der Waals surface area contributed by atoms with Crippen molar-refractivity contribution in [2.45, 2.75) is 13.0 Å². The molecule has 0 amide bonds. The van der Waals surface area contributed by atoms with E-state index < -0.39 is 22.8 Å². The summed E-state index contributed by atoms with van der Waals surface area (Å²) < 4.78 is 25.4. The minimum Gasteiger partial charge on any atom is -0.389 e. The normalized spacial score (nSPS) is 13.1. The summed E-state index contributed by atoms with van der Waals surface area (Å²) in [5.74, 6) is -1.71. The molecule has 4 heteroatoms. The predicted octanol–water partition coefficient (Wildman–Crippen LogP) is 2.67. The fourth-order valence-electron chi connectivity index (χ4n) is 0.816. The molecule has 0 saturated carbocycles. The van der Waals surface area contributed by atoms with Crippen LogP contribution in [0.4, 0.5) is 8.78 Å². The van der Waals surface area contributed by atoms with Gasteiger partial charge in [-0.1, -0.05) is 11.6 Å². The Bertz CT molecular complexity index is 276. The van der Waals surface area contributed by atoms with E-state index in [0.717, 1.165) is 12.1 Å². The van der Waals surface area contributed by atoms with Crippen molar-refractivity contribution in [3.63, 3.8) is 0 Å². The summed E-state index contributed by atoms with van der Waals surface area (Å²) in [7, 11) is 0. The van der Waals surface area contributed by atoms with Crippen LogP contribution in [0.3, 0.4) is 0 Å². The molecule has 0 aromatic heterocycles. The van der Waals surface area contributed by atoms with E-state index >= 15 is 0 Å². The maximum absolute atomic E-state index is 12.7. The third-order valence-corrected chi connectivity index (χ3v) is 1.85. The number of benzene rings is 1. The standard InChI is InChI=1S/C8H7ClF2O/c1-4(12)5-2-6(10)8(9)7(11)3-5/h2-4,12H,1H3. The second kappa shape index (κ2) is 3.37. The highest BCUT2D eigenvalue weighted by Crippen LogP contribution is 2.23. The Hall–Kier alpha value is -0.670. The smallest absolute Gasteiger partial charge is 0.145 e. The Kier molecular flexibility index (Phi) is 2.65. The quantitative estimate of drug-likeness (QED) is 0.679. The Morgan fingerprint density at radius 1 is 1.33 bits per heavy atom. The monoisotopic (exact) mass is 192 g/mol. The molecular weight excluding hydrogens is 186 g/mol. The highest BCUT2D eigenvalue weighted by Gasteiger charge is 2.10. The van der Waals surface area contributed by atoms with Crippen molar-refractivity contribution in [2.75, 3.05) is 0 Å². The number of halogens is 3. The first-order valence-corrected chi connectivity index (χ1v) is 3.72. The molecule has 0 heterocycles. The van der Waals surface area contributed by atoms with Gasteiger partial charge >= 0.3 is 0 Å². The Morgan fingerprint density at radius 2 is 1.75 bits per heavy atom. The summed E-state index contributed by atoms with van der Waals surface area (Å²) in [4.78, 5) is 0. The van der Waals surface area contributed by atoms with Gasteiger partial charge in [-0.15, -0.1) is 0 Å². The fourth-order valence-corrected chi connectivity index (χ4v) is 0.925. The molecule has 1 unspecified atom stereocenters. The zero-order valence-corrected chi connectivity index (χ0v) is 7.07. The summed E-state index contributed by atoms with van der Waals surface area (Å²) in [5, 5.41) is 8.44. The molecule has 0 bridgehead atoms. The number of aliphatic hydroxyl groups is 1. The number of hydrogen-bond donors (Lipinski definition) is 1. The molecule has 0 aliphatic rings. The van der Waals surface area contributed by atoms with Crippen LogP contribution in [0.5, 0.6) is 0 Å². The molecule has 0 aliphatic heterocycles. The average molecular weight is 193 g/mol. The van der Waals surface area contributed by atoms with E-state index in [0.29, 0.717) is 0 Å². The van der Waals surface area contributed by atoms with Crippen molar-refractivity contribution in [1.29, 1.82) is 0 Å². The lowest BCUT2D eigenvalue weighted by molar-refractivity contribution is 0.198. The summed E-state index contributed by atoms with van der Waals surface area (Å²) in [6, 6.07) is 2.02. The largest absolute Gasteiger partial charge is 0.389 e. The lowest BCUT2D eigenvalue weighted by atomic mass is 10.1. The molecule has 0 radical (unpaired) electrons. The first kappa shape index (κ1) is 9.42. The lowest BCUT2D eigenvalue weighted by Crippen LogP contribution is -1.94. The molecule has 0 aliphatic carbocycles. The van der Waals surface area contributed by atoms with Crippen LogP contribution in [0, 0.1) is 11.6 Å². The van der Waals surface area contributed by atoms with Crippen molar-refractivity contribution in [3.8, 4) is 0 Å². The Morgan fingerprint density at radius 3 is 2.08 bits per heavy atom.